The number of benzene rings is 3. The SMILES string of the molecule is COc1ccc(NCc2cccc(Cl)c2)c(C#CC(C)c2ccc(CC(C)C)cc2)c1. The first kappa shape index (κ1) is 22.8. The van der Waals surface area contributed by atoms with Crippen LogP contribution in [0.5, 0.6) is 5.75 Å². The molecule has 1 atom stereocenters. The molecule has 0 fully saturated rings. The summed E-state index contributed by atoms with van der Waals surface area (Å²) in [5.41, 5.74) is 5.63. The van der Waals surface area contributed by atoms with E-state index in [2.05, 4.69) is 68.3 Å². The maximum absolute atomic E-state index is 6.11. The van der Waals surface area contributed by atoms with E-state index in [1.807, 2.05) is 36.4 Å². The number of halogens is 1. The lowest BCUT2D eigenvalue weighted by molar-refractivity contribution is 0.414. The number of rotatable bonds is 7. The van der Waals surface area contributed by atoms with Crippen molar-refractivity contribution >= 4 is 17.3 Å². The van der Waals surface area contributed by atoms with E-state index in [-0.39, 0.29) is 5.92 Å². The van der Waals surface area contributed by atoms with Crippen molar-refractivity contribution in [3.8, 4) is 17.6 Å². The third-order valence-electron chi connectivity index (χ3n) is 5.15. The Morgan fingerprint density at radius 1 is 0.935 bits per heavy atom. The smallest absolute Gasteiger partial charge is 0.120 e. The van der Waals surface area contributed by atoms with Gasteiger partial charge in [-0.05, 0) is 66.3 Å². The van der Waals surface area contributed by atoms with E-state index < -0.39 is 0 Å². The summed E-state index contributed by atoms with van der Waals surface area (Å²) in [7, 11) is 1.67. The van der Waals surface area contributed by atoms with Crippen molar-refractivity contribution in [2.75, 3.05) is 12.4 Å². The Kier molecular flexibility index (Phi) is 8.04. The third kappa shape index (κ3) is 6.81. The van der Waals surface area contributed by atoms with E-state index in [0.29, 0.717) is 12.5 Å². The molecule has 0 aromatic heterocycles. The van der Waals surface area contributed by atoms with Crippen LogP contribution in [0.4, 0.5) is 5.69 Å². The summed E-state index contributed by atoms with van der Waals surface area (Å²) in [6.07, 6.45) is 1.10. The second-order valence-electron chi connectivity index (χ2n) is 8.23. The largest absolute Gasteiger partial charge is 0.497 e. The second kappa shape index (κ2) is 10.9. The summed E-state index contributed by atoms with van der Waals surface area (Å²) in [5.74, 6) is 8.36. The lowest BCUT2D eigenvalue weighted by Gasteiger charge is -2.11. The molecule has 0 saturated heterocycles. The lowest BCUT2D eigenvalue weighted by atomic mass is 9.97. The number of methoxy groups -OCH3 is 1. The van der Waals surface area contributed by atoms with Crippen LogP contribution in [0.15, 0.2) is 66.7 Å². The van der Waals surface area contributed by atoms with Gasteiger partial charge in [0.2, 0.25) is 0 Å². The number of anilines is 1. The van der Waals surface area contributed by atoms with Gasteiger partial charge in [-0.25, -0.2) is 0 Å². The Morgan fingerprint density at radius 3 is 2.39 bits per heavy atom. The molecule has 0 aliphatic carbocycles. The molecule has 0 saturated carbocycles. The fourth-order valence-electron chi connectivity index (χ4n) is 3.44. The van der Waals surface area contributed by atoms with Crippen molar-refractivity contribution in [3.63, 3.8) is 0 Å². The Labute approximate surface area is 191 Å². The van der Waals surface area contributed by atoms with E-state index in [9.17, 15) is 0 Å². The van der Waals surface area contributed by atoms with Crippen LogP contribution >= 0.6 is 11.6 Å². The zero-order valence-corrected chi connectivity index (χ0v) is 19.5. The van der Waals surface area contributed by atoms with Gasteiger partial charge >= 0.3 is 0 Å². The first-order chi connectivity index (χ1) is 14.9. The molecular weight excluding hydrogens is 402 g/mol. The van der Waals surface area contributed by atoms with Crippen LogP contribution in [0.1, 0.15) is 48.9 Å². The van der Waals surface area contributed by atoms with Crippen molar-refractivity contribution in [3.05, 3.63) is 94.0 Å². The zero-order valence-electron chi connectivity index (χ0n) is 18.7. The van der Waals surface area contributed by atoms with Gasteiger partial charge in [-0.3, -0.25) is 0 Å². The van der Waals surface area contributed by atoms with Crippen LogP contribution < -0.4 is 10.1 Å². The van der Waals surface area contributed by atoms with Crippen LogP contribution in [0.2, 0.25) is 5.02 Å². The van der Waals surface area contributed by atoms with Crippen molar-refractivity contribution in [1.29, 1.82) is 0 Å². The van der Waals surface area contributed by atoms with Gasteiger partial charge in [0, 0.05) is 17.5 Å². The van der Waals surface area contributed by atoms with Gasteiger partial charge in [0.1, 0.15) is 5.75 Å². The minimum atomic E-state index is 0.139. The fraction of sp³-hybridized carbons (Fsp3) is 0.286. The minimum Gasteiger partial charge on any atom is -0.497 e. The molecule has 160 valence electrons. The summed E-state index contributed by atoms with van der Waals surface area (Å²) < 4.78 is 5.41. The normalized spacial score (nSPS) is 11.5. The number of hydrogen-bond acceptors (Lipinski definition) is 2. The Bertz CT molecular complexity index is 1060. The van der Waals surface area contributed by atoms with Crippen LogP contribution in [0, 0.1) is 17.8 Å². The highest BCUT2D eigenvalue weighted by atomic mass is 35.5. The molecule has 1 N–H and O–H groups in total. The van der Waals surface area contributed by atoms with E-state index in [4.69, 9.17) is 16.3 Å². The molecule has 3 aromatic carbocycles. The van der Waals surface area contributed by atoms with Crippen molar-refractivity contribution in [1.82, 2.24) is 0 Å². The molecule has 3 heteroatoms. The summed E-state index contributed by atoms with van der Waals surface area (Å²) in [5, 5.41) is 4.22. The van der Waals surface area contributed by atoms with Gasteiger partial charge < -0.3 is 10.1 Å². The molecule has 0 radical (unpaired) electrons. The van der Waals surface area contributed by atoms with E-state index in [0.717, 1.165) is 34.0 Å². The van der Waals surface area contributed by atoms with Gasteiger partial charge in [-0.2, -0.15) is 0 Å². The highest BCUT2D eigenvalue weighted by Crippen LogP contribution is 2.23. The topological polar surface area (TPSA) is 21.3 Å². The molecule has 2 nitrogen and oxygen atoms in total. The molecular formula is C28H30ClNO. The highest BCUT2D eigenvalue weighted by Gasteiger charge is 2.06. The molecule has 3 rings (SSSR count). The quantitative estimate of drug-likeness (QED) is 0.396. The summed E-state index contributed by atoms with van der Waals surface area (Å²) in [6.45, 7) is 7.31. The van der Waals surface area contributed by atoms with Crippen LogP contribution in [0.25, 0.3) is 0 Å². The summed E-state index contributed by atoms with van der Waals surface area (Å²) in [4.78, 5) is 0. The van der Waals surface area contributed by atoms with Crippen LogP contribution in [-0.2, 0) is 13.0 Å². The molecule has 0 aliphatic rings. The Hall–Kier alpha value is -2.89. The lowest BCUT2D eigenvalue weighted by Crippen LogP contribution is -2.02. The van der Waals surface area contributed by atoms with Crippen molar-refractivity contribution in [2.24, 2.45) is 5.92 Å². The van der Waals surface area contributed by atoms with E-state index >= 15 is 0 Å². The average molecular weight is 432 g/mol. The fourth-order valence-corrected chi connectivity index (χ4v) is 3.65. The molecule has 0 spiro atoms. The third-order valence-corrected chi connectivity index (χ3v) is 5.38. The maximum atomic E-state index is 6.11. The van der Waals surface area contributed by atoms with E-state index in [1.165, 1.54) is 11.1 Å². The molecule has 1 unspecified atom stereocenters. The van der Waals surface area contributed by atoms with Crippen LogP contribution in [-0.4, -0.2) is 7.11 Å². The Balaban J connectivity index is 1.77. The van der Waals surface area contributed by atoms with Gasteiger partial charge in [-0.15, -0.1) is 0 Å². The predicted molar refractivity (Wildman–Crippen MR) is 132 cm³/mol. The van der Waals surface area contributed by atoms with Gasteiger partial charge in [-0.1, -0.05) is 73.7 Å². The van der Waals surface area contributed by atoms with E-state index in [1.54, 1.807) is 7.11 Å². The van der Waals surface area contributed by atoms with Crippen molar-refractivity contribution in [2.45, 2.75) is 39.7 Å². The molecule has 0 aliphatic heterocycles. The molecule has 0 heterocycles. The van der Waals surface area contributed by atoms with Gasteiger partial charge in [0.05, 0.1) is 18.4 Å². The molecule has 3 aromatic rings. The number of nitrogens with one attached hydrogen (secondary N) is 1. The standard InChI is InChI=1S/C28H30ClNO/c1-20(2)16-22-9-12-24(13-10-22)21(3)8-11-25-18-27(31-4)14-15-28(25)30-19-23-6-5-7-26(29)17-23/h5-7,9-10,12-15,17-18,20-21,30H,16,19H2,1-4H3. The van der Waals surface area contributed by atoms with Gasteiger partial charge in [0.25, 0.3) is 0 Å². The average Bonchev–Trinajstić information content (AvgIpc) is 2.76. The number of ether oxygens (including phenoxy) is 1. The second-order valence-corrected chi connectivity index (χ2v) is 8.66. The zero-order chi connectivity index (χ0) is 22.2. The summed E-state index contributed by atoms with van der Waals surface area (Å²) in [6, 6.07) is 22.6. The predicted octanol–water partition coefficient (Wildman–Crippen LogP) is 7.31. The van der Waals surface area contributed by atoms with Crippen LogP contribution in [0.3, 0.4) is 0 Å². The maximum Gasteiger partial charge on any atom is 0.120 e. The molecule has 0 amide bonds. The molecule has 0 bridgehead atoms. The van der Waals surface area contributed by atoms with Gasteiger partial charge in [0.15, 0.2) is 0 Å². The minimum absolute atomic E-state index is 0.139. The first-order valence-corrected chi connectivity index (χ1v) is 11.1. The van der Waals surface area contributed by atoms with Crippen molar-refractivity contribution < 1.29 is 4.74 Å². The first-order valence-electron chi connectivity index (χ1n) is 10.7. The Morgan fingerprint density at radius 2 is 1.71 bits per heavy atom. The monoisotopic (exact) mass is 431 g/mol. The number of hydrogen-bond donors (Lipinski definition) is 1. The summed E-state index contributed by atoms with van der Waals surface area (Å²) >= 11 is 6.11. The highest BCUT2D eigenvalue weighted by molar-refractivity contribution is 6.30. The molecule has 31 heavy (non-hydrogen) atoms.